The Balaban J connectivity index is 2.19. The van der Waals surface area contributed by atoms with Crippen LogP contribution in [0.3, 0.4) is 0 Å². The molecular formula is C16H30. The van der Waals surface area contributed by atoms with Crippen molar-refractivity contribution in [2.24, 2.45) is 46.8 Å². The second kappa shape index (κ2) is 3.75. The average molecular weight is 222 g/mol. The Morgan fingerprint density at radius 1 is 1.00 bits per heavy atom. The fourth-order valence-electron chi connectivity index (χ4n) is 4.95. The first-order valence-electron chi connectivity index (χ1n) is 7.28. The van der Waals surface area contributed by atoms with Crippen molar-refractivity contribution >= 4 is 0 Å². The van der Waals surface area contributed by atoms with Gasteiger partial charge in [0, 0.05) is 0 Å². The Morgan fingerprint density at radius 2 is 1.50 bits per heavy atom. The van der Waals surface area contributed by atoms with Gasteiger partial charge in [-0.05, 0) is 53.3 Å². The molecule has 2 aliphatic carbocycles. The van der Waals surface area contributed by atoms with Crippen molar-refractivity contribution in [1.82, 2.24) is 0 Å². The Hall–Kier alpha value is 0. The summed E-state index contributed by atoms with van der Waals surface area (Å²) in [6.45, 7) is 17.5. The molecule has 16 heavy (non-hydrogen) atoms. The van der Waals surface area contributed by atoms with Gasteiger partial charge in [0.05, 0.1) is 0 Å². The van der Waals surface area contributed by atoms with E-state index in [-0.39, 0.29) is 0 Å². The molecule has 0 bridgehead atoms. The molecule has 0 heteroatoms. The van der Waals surface area contributed by atoms with Gasteiger partial charge in [-0.1, -0.05) is 48.5 Å². The van der Waals surface area contributed by atoms with Crippen LogP contribution in [-0.2, 0) is 0 Å². The van der Waals surface area contributed by atoms with E-state index < -0.39 is 0 Å². The third-order valence-electron chi connectivity index (χ3n) is 6.63. The number of rotatable bonds is 2. The number of hydrogen-bond donors (Lipinski definition) is 0. The van der Waals surface area contributed by atoms with Crippen LogP contribution in [-0.4, -0.2) is 0 Å². The highest BCUT2D eigenvalue weighted by molar-refractivity contribution is 5.02. The van der Waals surface area contributed by atoms with Crippen molar-refractivity contribution in [3.05, 3.63) is 0 Å². The number of hydrogen-bond acceptors (Lipinski definition) is 0. The molecule has 0 N–H and O–H groups in total. The minimum atomic E-state index is 0.542. The maximum atomic E-state index is 2.53. The minimum absolute atomic E-state index is 0.542. The average Bonchev–Trinajstić information content (AvgIpc) is 2.89. The van der Waals surface area contributed by atoms with Crippen LogP contribution in [0.2, 0.25) is 0 Å². The SMILES string of the molecule is CC1CC1C(C)C1C(C)C(C)C(C)C1(C)C. The summed E-state index contributed by atoms with van der Waals surface area (Å²) >= 11 is 0. The van der Waals surface area contributed by atoms with Crippen LogP contribution < -0.4 is 0 Å². The molecule has 0 heterocycles. The van der Waals surface area contributed by atoms with E-state index in [1.807, 2.05) is 0 Å². The predicted molar refractivity (Wildman–Crippen MR) is 71.2 cm³/mol. The van der Waals surface area contributed by atoms with E-state index in [2.05, 4.69) is 48.5 Å². The van der Waals surface area contributed by atoms with Crippen molar-refractivity contribution in [1.29, 1.82) is 0 Å². The quantitative estimate of drug-likeness (QED) is 0.627. The van der Waals surface area contributed by atoms with Crippen LogP contribution in [0.15, 0.2) is 0 Å². The molecule has 2 fully saturated rings. The maximum Gasteiger partial charge on any atom is -0.0292 e. The van der Waals surface area contributed by atoms with Gasteiger partial charge in [0.15, 0.2) is 0 Å². The zero-order valence-corrected chi connectivity index (χ0v) is 12.2. The predicted octanol–water partition coefficient (Wildman–Crippen LogP) is 4.84. The monoisotopic (exact) mass is 222 g/mol. The first-order chi connectivity index (χ1) is 7.28. The highest BCUT2D eigenvalue weighted by Crippen LogP contribution is 2.60. The van der Waals surface area contributed by atoms with E-state index in [1.54, 1.807) is 0 Å². The van der Waals surface area contributed by atoms with Crippen LogP contribution in [0, 0.1) is 46.8 Å². The zero-order chi connectivity index (χ0) is 12.2. The van der Waals surface area contributed by atoms with E-state index in [1.165, 1.54) is 6.42 Å². The summed E-state index contributed by atoms with van der Waals surface area (Å²) in [7, 11) is 0. The van der Waals surface area contributed by atoms with E-state index in [9.17, 15) is 0 Å². The van der Waals surface area contributed by atoms with E-state index in [0.717, 1.165) is 41.4 Å². The van der Waals surface area contributed by atoms with Crippen LogP contribution >= 0.6 is 0 Å². The Bertz CT molecular complexity index is 265. The van der Waals surface area contributed by atoms with Crippen molar-refractivity contribution in [3.8, 4) is 0 Å². The van der Waals surface area contributed by atoms with Gasteiger partial charge in [0.25, 0.3) is 0 Å². The van der Waals surface area contributed by atoms with Gasteiger partial charge in [-0.25, -0.2) is 0 Å². The highest BCUT2D eigenvalue weighted by atomic mass is 14.6. The summed E-state index contributed by atoms with van der Waals surface area (Å²) in [5.41, 5.74) is 0.542. The van der Waals surface area contributed by atoms with Gasteiger partial charge >= 0.3 is 0 Å². The molecule has 0 aliphatic heterocycles. The lowest BCUT2D eigenvalue weighted by Crippen LogP contribution is -2.31. The summed E-state index contributed by atoms with van der Waals surface area (Å²) in [6.07, 6.45) is 1.49. The topological polar surface area (TPSA) is 0 Å². The lowest BCUT2D eigenvalue weighted by molar-refractivity contribution is 0.110. The van der Waals surface area contributed by atoms with Gasteiger partial charge < -0.3 is 0 Å². The maximum absolute atomic E-state index is 2.53. The lowest BCUT2D eigenvalue weighted by Gasteiger charge is -2.37. The fourth-order valence-corrected chi connectivity index (χ4v) is 4.95. The smallest absolute Gasteiger partial charge is 0.0292 e. The molecule has 2 aliphatic rings. The molecule has 0 aromatic heterocycles. The molecule has 0 saturated heterocycles. The summed E-state index contributed by atoms with van der Waals surface area (Å²) in [5.74, 6) is 6.60. The fraction of sp³-hybridized carbons (Fsp3) is 1.00. The minimum Gasteiger partial charge on any atom is -0.0622 e. The van der Waals surface area contributed by atoms with Gasteiger partial charge in [-0.3, -0.25) is 0 Å². The second-order valence-electron chi connectivity index (χ2n) is 7.59. The van der Waals surface area contributed by atoms with Crippen molar-refractivity contribution < 1.29 is 0 Å². The van der Waals surface area contributed by atoms with Crippen LogP contribution in [0.4, 0.5) is 0 Å². The van der Waals surface area contributed by atoms with Crippen LogP contribution in [0.25, 0.3) is 0 Å². The molecule has 7 atom stereocenters. The molecule has 0 nitrogen and oxygen atoms in total. The molecule has 2 saturated carbocycles. The lowest BCUT2D eigenvalue weighted by atomic mass is 9.68. The largest absolute Gasteiger partial charge is 0.0622 e. The molecule has 2 rings (SSSR count). The van der Waals surface area contributed by atoms with Crippen molar-refractivity contribution in [2.75, 3.05) is 0 Å². The first-order valence-corrected chi connectivity index (χ1v) is 7.28. The van der Waals surface area contributed by atoms with Gasteiger partial charge in [-0.15, -0.1) is 0 Å². The third-order valence-corrected chi connectivity index (χ3v) is 6.63. The van der Waals surface area contributed by atoms with Crippen LogP contribution in [0.5, 0.6) is 0 Å². The summed E-state index contributed by atoms with van der Waals surface area (Å²) in [6, 6.07) is 0. The van der Waals surface area contributed by atoms with E-state index >= 15 is 0 Å². The molecule has 0 radical (unpaired) electrons. The normalized spacial score (nSPS) is 52.7. The molecule has 0 amide bonds. The highest BCUT2D eigenvalue weighted by Gasteiger charge is 2.54. The van der Waals surface area contributed by atoms with E-state index in [4.69, 9.17) is 0 Å². The summed E-state index contributed by atoms with van der Waals surface area (Å²) in [4.78, 5) is 0. The van der Waals surface area contributed by atoms with E-state index in [0.29, 0.717) is 5.41 Å². The Labute approximate surface area is 102 Å². The van der Waals surface area contributed by atoms with Crippen LogP contribution in [0.1, 0.15) is 54.9 Å². The standard InChI is InChI=1S/C16H30/c1-9-8-14(9)12(4)15-11(3)10(2)13(5)16(15,6)7/h9-15H,8H2,1-7H3. The van der Waals surface area contributed by atoms with Crippen molar-refractivity contribution in [2.45, 2.75) is 54.9 Å². The third kappa shape index (κ3) is 1.64. The second-order valence-corrected chi connectivity index (χ2v) is 7.59. The van der Waals surface area contributed by atoms with Gasteiger partial charge in [-0.2, -0.15) is 0 Å². The molecular weight excluding hydrogens is 192 g/mol. The Morgan fingerprint density at radius 3 is 1.81 bits per heavy atom. The zero-order valence-electron chi connectivity index (χ0n) is 12.2. The molecule has 0 aromatic carbocycles. The molecule has 94 valence electrons. The Kier molecular flexibility index (Phi) is 2.92. The summed E-state index contributed by atoms with van der Waals surface area (Å²) < 4.78 is 0. The molecule has 7 unspecified atom stereocenters. The summed E-state index contributed by atoms with van der Waals surface area (Å²) in [5, 5.41) is 0. The molecule has 0 aromatic rings. The molecule has 0 spiro atoms. The first kappa shape index (κ1) is 12.5. The van der Waals surface area contributed by atoms with Gasteiger partial charge in [0.1, 0.15) is 0 Å². The van der Waals surface area contributed by atoms with Gasteiger partial charge in [0.2, 0.25) is 0 Å². The van der Waals surface area contributed by atoms with Crippen molar-refractivity contribution in [3.63, 3.8) is 0 Å².